The van der Waals surface area contributed by atoms with Gasteiger partial charge in [0.15, 0.2) is 0 Å². The molecule has 1 N–H and O–H groups in total. The summed E-state index contributed by atoms with van der Waals surface area (Å²) in [6, 6.07) is 13.9. The van der Waals surface area contributed by atoms with E-state index in [4.69, 9.17) is 9.47 Å². The highest BCUT2D eigenvalue weighted by Crippen LogP contribution is 2.23. The molecule has 2 aromatic rings. The summed E-state index contributed by atoms with van der Waals surface area (Å²) in [5.74, 6) is 1.06. The molecule has 0 aromatic heterocycles. The summed E-state index contributed by atoms with van der Waals surface area (Å²) in [7, 11) is 3.15. The predicted molar refractivity (Wildman–Crippen MR) is 102 cm³/mol. The average molecular weight is 354 g/mol. The van der Waals surface area contributed by atoms with Crippen molar-refractivity contribution in [3.63, 3.8) is 0 Å². The zero-order valence-electron chi connectivity index (χ0n) is 15.5. The smallest absolute Gasteiger partial charge is 0.255 e. The SMILES string of the molecule is COc1ccc(OC)c(C(=O)NCCCN2CCc3ccccc3C2)c1. The number of hydrogen-bond donors (Lipinski definition) is 1. The van der Waals surface area contributed by atoms with Crippen LogP contribution in [-0.4, -0.2) is 44.7 Å². The Morgan fingerprint density at radius 2 is 1.92 bits per heavy atom. The number of nitrogens with zero attached hydrogens (tertiary/aromatic N) is 1. The van der Waals surface area contributed by atoms with Crippen LogP contribution in [0.15, 0.2) is 42.5 Å². The van der Waals surface area contributed by atoms with Crippen LogP contribution in [0.3, 0.4) is 0 Å². The van der Waals surface area contributed by atoms with Gasteiger partial charge in [0.2, 0.25) is 0 Å². The Morgan fingerprint density at radius 1 is 1.12 bits per heavy atom. The minimum absolute atomic E-state index is 0.135. The zero-order chi connectivity index (χ0) is 18.4. The maximum Gasteiger partial charge on any atom is 0.255 e. The first-order valence-corrected chi connectivity index (χ1v) is 9.00. The van der Waals surface area contributed by atoms with Gasteiger partial charge in [-0.15, -0.1) is 0 Å². The third-order valence-electron chi connectivity index (χ3n) is 4.80. The Bertz CT molecular complexity index is 761. The molecule has 5 nitrogen and oxygen atoms in total. The Morgan fingerprint density at radius 3 is 2.69 bits per heavy atom. The fourth-order valence-corrected chi connectivity index (χ4v) is 3.34. The van der Waals surface area contributed by atoms with Crippen LogP contribution < -0.4 is 14.8 Å². The zero-order valence-corrected chi connectivity index (χ0v) is 15.5. The molecule has 0 saturated carbocycles. The van der Waals surface area contributed by atoms with Crippen molar-refractivity contribution >= 4 is 5.91 Å². The van der Waals surface area contributed by atoms with E-state index < -0.39 is 0 Å². The monoisotopic (exact) mass is 354 g/mol. The van der Waals surface area contributed by atoms with Crippen LogP contribution >= 0.6 is 0 Å². The molecule has 0 atom stereocenters. The molecule has 0 unspecified atom stereocenters. The van der Waals surface area contributed by atoms with Crippen molar-refractivity contribution in [1.82, 2.24) is 10.2 Å². The molecule has 1 aliphatic heterocycles. The second kappa shape index (κ2) is 8.72. The Kier molecular flexibility index (Phi) is 6.12. The van der Waals surface area contributed by atoms with Crippen molar-refractivity contribution in [1.29, 1.82) is 0 Å². The van der Waals surface area contributed by atoms with Gasteiger partial charge in [0.25, 0.3) is 5.91 Å². The second-order valence-corrected chi connectivity index (χ2v) is 6.47. The molecule has 0 radical (unpaired) electrons. The topological polar surface area (TPSA) is 50.8 Å². The molecule has 26 heavy (non-hydrogen) atoms. The first-order chi connectivity index (χ1) is 12.7. The molecule has 0 fully saturated rings. The first kappa shape index (κ1) is 18.3. The normalized spacial score (nSPS) is 13.8. The number of carbonyl (C=O) groups is 1. The second-order valence-electron chi connectivity index (χ2n) is 6.47. The van der Waals surface area contributed by atoms with Crippen LogP contribution in [0, 0.1) is 0 Å². The Balaban J connectivity index is 1.48. The van der Waals surface area contributed by atoms with E-state index >= 15 is 0 Å². The van der Waals surface area contributed by atoms with E-state index in [1.54, 1.807) is 32.4 Å². The average Bonchev–Trinajstić information content (AvgIpc) is 2.70. The number of hydrogen-bond acceptors (Lipinski definition) is 4. The van der Waals surface area contributed by atoms with Crippen LogP contribution in [0.4, 0.5) is 0 Å². The van der Waals surface area contributed by atoms with Gasteiger partial charge in [0.1, 0.15) is 11.5 Å². The van der Waals surface area contributed by atoms with Gasteiger partial charge in [-0.3, -0.25) is 9.69 Å². The maximum absolute atomic E-state index is 12.4. The van der Waals surface area contributed by atoms with E-state index in [0.717, 1.165) is 32.5 Å². The standard InChI is InChI=1S/C21H26N2O3/c1-25-18-8-9-20(26-2)19(14-18)21(24)22-11-5-12-23-13-10-16-6-3-4-7-17(16)15-23/h3-4,6-9,14H,5,10-13,15H2,1-2H3,(H,22,24). The lowest BCUT2D eigenvalue weighted by Gasteiger charge is -2.28. The Hall–Kier alpha value is -2.53. The molecule has 1 aliphatic rings. The summed E-state index contributed by atoms with van der Waals surface area (Å²) in [4.78, 5) is 14.9. The van der Waals surface area contributed by atoms with Crippen molar-refractivity contribution in [3.8, 4) is 11.5 Å². The van der Waals surface area contributed by atoms with Crippen LogP contribution in [-0.2, 0) is 13.0 Å². The van der Waals surface area contributed by atoms with Gasteiger partial charge in [0, 0.05) is 26.2 Å². The molecule has 5 heteroatoms. The summed E-state index contributed by atoms with van der Waals surface area (Å²) in [6.07, 6.45) is 2.02. The largest absolute Gasteiger partial charge is 0.497 e. The molecule has 1 amide bonds. The fraction of sp³-hybridized carbons (Fsp3) is 0.381. The predicted octanol–water partition coefficient (Wildman–Crippen LogP) is 2.88. The minimum Gasteiger partial charge on any atom is -0.497 e. The highest BCUT2D eigenvalue weighted by atomic mass is 16.5. The van der Waals surface area contributed by atoms with Gasteiger partial charge in [0.05, 0.1) is 19.8 Å². The number of carbonyl (C=O) groups excluding carboxylic acids is 1. The minimum atomic E-state index is -0.135. The van der Waals surface area contributed by atoms with Gasteiger partial charge in [-0.2, -0.15) is 0 Å². The summed E-state index contributed by atoms with van der Waals surface area (Å²) in [5.41, 5.74) is 3.38. The van der Waals surface area contributed by atoms with Gasteiger partial charge in [-0.1, -0.05) is 24.3 Å². The van der Waals surface area contributed by atoms with E-state index in [2.05, 4.69) is 34.5 Å². The maximum atomic E-state index is 12.4. The number of methoxy groups -OCH3 is 2. The molecule has 1 heterocycles. The summed E-state index contributed by atoms with van der Waals surface area (Å²) in [5, 5.41) is 2.98. The molecule has 0 spiro atoms. The van der Waals surface area contributed by atoms with E-state index in [9.17, 15) is 4.79 Å². The van der Waals surface area contributed by atoms with Crippen LogP contribution in [0.1, 0.15) is 27.9 Å². The van der Waals surface area contributed by atoms with Gasteiger partial charge in [-0.05, 0) is 42.2 Å². The van der Waals surface area contributed by atoms with Crippen LogP contribution in [0.2, 0.25) is 0 Å². The molecular formula is C21H26N2O3. The van der Waals surface area contributed by atoms with Crippen LogP contribution in [0.5, 0.6) is 11.5 Å². The van der Waals surface area contributed by atoms with Gasteiger partial charge in [-0.25, -0.2) is 0 Å². The highest BCUT2D eigenvalue weighted by Gasteiger charge is 2.16. The van der Waals surface area contributed by atoms with Crippen molar-refractivity contribution in [2.24, 2.45) is 0 Å². The van der Waals surface area contributed by atoms with Gasteiger partial charge < -0.3 is 14.8 Å². The highest BCUT2D eigenvalue weighted by molar-refractivity contribution is 5.97. The molecule has 0 aliphatic carbocycles. The quantitative estimate of drug-likeness (QED) is 0.777. The molecule has 138 valence electrons. The summed E-state index contributed by atoms with van der Waals surface area (Å²) < 4.78 is 10.5. The van der Waals surface area contributed by atoms with Crippen molar-refractivity contribution in [2.45, 2.75) is 19.4 Å². The number of rotatable bonds is 7. The third-order valence-corrected chi connectivity index (χ3v) is 4.80. The lowest BCUT2D eigenvalue weighted by Crippen LogP contribution is -2.33. The summed E-state index contributed by atoms with van der Waals surface area (Å²) in [6.45, 7) is 3.68. The molecule has 3 rings (SSSR count). The van der Waals surface area contributed by atoms with Crippen LogP contribution in [0.25, 0.3) is 0 Å². The fourth-order valence-electron chi connectivity index (χ4n) is 3.34. The van der Waals surface area contributed by atoms with Crippen molar-refractivity contribution < 1.29 is 14.3 Å². The molecule has 2 aromatic carbocycles. The van der Waals surface area contributed by atoms with Crippen molar-refractivity contribution in [3.05, 3.63) is 59.2 Å². The number of benzene rings is 2. The van der Waals surface area contributed by atoms with E-state index in [1.165, 1.54) is 11.1 Å². The van der Waals surface area contributed by atoms with Crippen molar-refractivity contribution in [2.75, 3.05) is 33.9 Å². The number of amides is 1. The molecular weight excluding hydrogens is 328 g/mol. The van der Waals surface area contributed by atoms with E-state index in [0.29, 0.717) is 23.6 Å². The lowest BCUT2D eigenvalue weighted by molar-refractivity contribution is 0.0948. The number of fused-ring (bicyclic) bond motifs is 1. The molecule has 0 saturated heterocycles. The lowest BCUT2D eigenvalue weighted by atomic mass is 10.00. The summed E-state index contributed by atoms with van der Waals surface area (Å²) >= 11 is 0. The molecule has 0 bridgehead atoms. The first-order valence-electron chi connectivity index (χ1n) is 9.00. The van der Waals surface area contributed by atoms with E-state index in [1.807, 2.05) is 0 Å². The van der Waals surface area contributed by atoms with E-state index in [-0.39, 0.29) is 5.91 Å². The Labute approximate surface area is 154 Å². The third kappa shape index (κ3) is 4.35. The number of nitrogens with one attached hydrogen (secondary N) is 1. The van der Waals surface area contributed by atoms with Gasteiger partial charge >= 0.3 is 0 Å². The number of ether oxygens (including phenoxy) is 2.